The molecule has 4 heteroatoms. The molecule has 92 valence electrons. The van der Waals surface area contributed by atoms with Crippen molar-refractivity contribution in [3.63, 3.8) is 0 Å². The van der Waals surface area contributed by atoms with E-state index in [1.54, 1.807) is 13.3 Å². The molecule has 0 fully saturated rings. The van der Waals surface area contributed by atoms with Crippen LogP contribution in [-0.2, 0) is 17.9 Å². The summed E-state index contributed by atoms with van der Waals surface area (Å²) in [5.74, 6) is 0. The summed E-state index contributed by atoms with van der Waals surface area (Å²) in [5.41, 5.74) is 1.90. The summed E-state index contributed by atoms with van der Waals surface area (Å²) in [5, 5.41) is 10.3. The van der Waals surface area contributed by atoms with Gasteiger partial charge >= 0.3 is 0 Å². The first kappa shape index (κ1) is 12.1. The zero-order chi connectivity index (χ0) is 12.1. The molecule has 0 radical (unpaired) electrons. The lowest BCUT2D eigenvalue weighted by molar-refractivity contribution is 0.191. The van der Waals surface area contributed by atoms with Crippen molar-refractivity contribution in [3.8, 4) is 0 Å². The van der Waals surface area contributed by atoms with Gasteiger partial charge in [0.25, 0.3) is 0 Å². The van der Waals surface area contributed by atoms with Crippen LogP contribution >= 0.6 is 0 Å². The number of pyridine rings is 1. The molecule has 2 heterocycles. The first-order valence-corrected chi connectivity index (χ1v) is 5.89. The number of aliphatic hydroxyl groups excluding tert-OH is 1. The van der Waals surface area contributed by atoms with E-state index in [2.05, 4.69) is 9.55 Å². The number of fused-ring (bicyclic) bond motifs is 1. The molecule has 0 bridgehead atoms. The van der Waals surface area contributed by atoms with Gasteiger partial charge in [-0.25, -0.2) is 4.98 Å². The molecule has 0 atom stereocenters. The fourth-order valence-corrected chi connectivity index (χ4v) is 2.02. The zero-order valence-electron chi connectivity index (χ0n) is 10.1. The lowest BCUT2D eigenvalue weighted by atomic mass is 10.2. The molecule has 2 aromatic heterocycles. The van der Waals surface area contributed by atoms with Crippen LogP contribution in [0.4, 0.5) is 0 Å². The molecule has 2 aromatic rings. The maximum absolute atomic E-state index is 9.30. The number of nitrogens with zero attached hydrogens (tertiary/aromatic N) is 2. The van der Waals surface area contributed by atoms with Crippen molar-refractivity contribution in [1.29, 1.82) is 0 Å². The van der Waals surface area contributed by atoms with Crippen LogP contribution in [0, 0.1) is 0 Å². The predicted octanol–water partition coefficient (Wildman–Crippen LogP) is 1.96. The molecule has 0 spiro atoms. The number of aliphatic hydroxyl groups is 1. The summed E-state index contributed by atoms with van der Waals surface area (Å²) < 4.78 is 7.14. The molecule has 2 rings (SSSR count). The highest BCUT2D eigenvalue weighted by atomic mass is 16.5. The van der Waals surface area contributed by atoms with Crippen molar-refractivity contribution >= 4 is 11.0 Å². The number of ether oxygens (including phenoxy) is 1. The summed E-state index contributed by atoms with van der Waals surface area (Å²) >= 11 is 0. The van der Waals surface area contributed by atoms with Crippen molar-refractivity contribution in [3.05, 3.63) is 30.1 Å². The van der Waals surface area contributed by atoms with Crippen LogP contribution in [0.3, 0.4) is 0 Å². The van der Waals surface area contributed by atoms with Gasteiger partial charge in [0.2, 0.25) is 0 Å². The van der Waals surface area contributed by atoms with Gasteiger partial charge in [-0.15, -0.1) is 0 Å². The molecule has 17 heavy (non-hydrogen) atoms. The molecule has 0 saturated carbocycles. The minimum absolute atomic E-state index is 0.0628. The monoisotopic (exact) mass is 234 g/mol. The molecule has 0 saturated heterocycles. The Bertz CT molecular complexity index is 479. The van der Waals surface area contributed by atoms with Gasteiger partial charge in [-0.1, -0.05) is 0 Å². The second-order valence-electron chi connectivity index (χ2n) is 4.08. The predicted molar refractivity (Wildman–Crippen MR) is 66.8 cm³/mol. The Morgan fingerprint density at radius 3 is 3.06 bits per heavy atom. The van der Waals surface area contributed by atoms with Crippen molar-refractivity contribution in [2.45, 2.75) is 26.0 Å². The third-order valence-corrected chi connectivity index (χ3v) is 2.88. The minimum Gasteiger partial charge on any atom is -0.392 e. The Labute approximate surface area is 101 Å². The van der Waals surface area contributed by atoms with E-state index in [9.17, 15) is 5.11 Å². The van der Waals surface area contributed by atoms with Gasteiger partial charge in [-0.2, -0.15) is 0 Å². The van der Waals surface area contributed by atoms with Crippen molar-refractivity contribution in [1.82, 2.24) is 9.55 Å². The van der Waals surface area contributed by atoms with E-state index in [1.165, 1.54) is 0 Å². The lowest BCUT2D eigenvalue weighted by Gasteiger charge is -2.03. The summed E-state index contributed by atoms with van der Waals surface area (Å²) in [4.78, 5) is 4.37. The van der Waals surface area contributed by atoms with Crippen molar-refractivity contribution < 1.29 is 9.84 Å². The number of unbranched alkanes of at least 4 members (excludes halogenated alkanes) is 1. The Morgan fingerprint density at radius 1 is 1.41 bits per heavy atom. The lowest BCUT2D eigenvalue weighted by Crippen LogP contribution is -1.99. The van der Waals surface area contributed by atoms with E-state index in [0.717, 1.165) is 42.6 Å². The second-order valence-corrected chi connectivity index (χ2v) is 4.08. The normalized spacial score (nSPS) is 11.2. The minimum atomic E-state index is 0.0628. The van der Waals surface area contributed by atoms with Crippen LogP contribution in [0.1, 0.15) is 18.4 Å². The summed E-state index contributed by atoms with van der Waals surface area (Å²) in [6.07, 6.45) is 5.87. The van der Waals surface area contributed by atoms with E-state index < -0.39 is 0 Å². The largest absolute Gasteiger partial charge is 0.392 e. The maximum atomic E-state index is 9.30. The van der Waals surface area contributed by atoms with Crippen LogP contribution < -0.4 is 0 Å². The Morgan fingerprint density at radius 2 is 2.29 bits per heavy atom. The summed E-state index contributed by atoms with van der Waals surface area (Å²) in [7, 11) is 1.72. The quantitative estimate of drug-likeness (QED) is 0.777. The number of aromatic nitrogens is 2. The van der Waals surface area contributed by atoms with Crippen LogP contribution in [0.15, 0.2) is 24.5 Å². The van der Waals surface area contributed by atoms with E-state index in [-0.39, 0.29) is 6.61 Å². The van der Waals surface area contributed by atoms with Gasteiger partial charge in [0, 0.05) is 43.6 Å². The average Bonchev–Trinajstić information content (AvgIpc) is 2.73. The zero-order valence-corrected chi connectivity index (χ0v) is 10.1. The van der Waals surface area contributed by atoms with Crippen LogP contribution in [0.2, 0.25) is 0 Å². The molecule has 0 unspecified atom stereocenters. The number of rotatable bonds is 6. The summed E-state index contributed by atoms with van der Waals surface area (Å²) in [6, 6.07) is 3.90. The first-order valence-electron chi connectivity index (χ1n) is 5.89. The van der Waals surface area contributed by atoms with Gasteiger partial charge < -0.3 is 14.4 Å². The Hall–Kier alpha value is -1.39. The SMILES string of the molecule is COCCCCn1cc(CO)c2cccnc21. The van der Waals surface area contributed by atoms with Crippen LogP contribution in [0.25, 0.3) is 11.0 Å². The van der Waals surface area contributed by atoms with Crippen LogP contribution in [0.5, 0.6) is 0 Å². The Balaban J connectivity index is 2.16. The second kappa shape index (κ2) is 5.80. The molecular formula is C13H18N2O2. The number of hydrogen-bond acceptors (Lipinski definition) is 3. The van der Waals surface area contributed by atoms with Gasteiger partial charge in [-0.3, -0.25) is 0 Å². The number of methoxy groups -OCH3 is 1. The molecule has 0 aromatic carbocycles. The van der Waals surface area contributed by atoms with Crippen LogP contribution in [-0.4, -0.2) is 28.4 Å². The standard InChI is InChI=1S/C13H18N2O2/c1-17-8-3-2-7-15-9-11(10-16)12-5-4-6-14-13(12)15/h4-6,9,16H,2-3,7-8,10H2,1H3. The molecular weight excluding hydrogens is 216 g/mol. The number of aryl methyl sites for hydroxylation is 1. The average molecular weight is 234 g/mol. The highest BCUT2D eigenvalue weighted by Gasteiger charge is 2.07. The highest BCUT2D eigenvalue weighted by molar-refractivity contribution is 5.80. The smallest absolute Gasteiger partial charge is 0.140 e. The fourth-order valence-electron chi connectivity index (χ4n) is 2.02. The molecule has 1 N–H and O–H groups in total. The first-order chi connectivity index (χ1) is 8.36. The third-order valence-electron chi connectivity index (χ3n) is 2.88. The van der Waals surface area contributed by atoms with Crippen molar-refractivity contribution in [2.75, 3.05) is 13.7 Å². The molecule has 0 aliphatic heterocycles. The van der Waals surface area contributed by atoms with E-state index >= 15 is 0 Å². The van der Waals surface area contributed by atoms with Gasteiger partial charge in [0.15, 0.2) is 0 Å². The molecule has 0 aliphatic carbocycles. The van der Waals surface area contributed by atoms with Crippen molar-refractivity contribution in [2.24, 2.45) is 0 Å². The molecule has 4 nitrogen and oxygen atoms in total. The maximum Gasteiger partial charge on any atom is 0.140 e. The van der Waals surface area contributed by atoms with E-state index in [4.69, 9.17) is 4.74 Å². The Kier molecular flexibility index (Phi) is 4.12. The van der Waals surface area contributed by atoms with E-state index in [1.807, 2.05) is 18.3 Å². The van der Waals surface area contributed by atoms with Gasteiger partial charge in [0.05, 0.1) is 6.61 Å². The third kappa shape index (κ3) is 2.65. The highest BCUT2D eigenvalue weighted by Crippen LogP contribution is 2.19. The van der Waals surface area contributed by atoms with Gasteiger partial charge in [0.1, 0.15) is 5.65 Å². The summed E-state index contributed by atoms with van der Waals surface area (Å²) in [6.45, 7) is 1.77. The van der Waals surface area contributed by atoms with E-state index in [0.29, 0.717) is 0 Å². The topological polar surface area (TPSA) is 47.3 Å². The molecule has 0 amide bonds. The molecule has 0 aliphatic rings. The fraction of sp³-hybridized carbons (Fsp3) is 0.462. The number of hydrogen-bond donors (Lipinski definition) is 1. The van der Waals surface area contributed by atoms with Gasteiger partial charge in [-0.05, 0) is 25.0 Å².